The van der Waals surface area contributed by atoms with E-state index in [-0.39, 0.29) is 42.2 Å². The van der Waals surface area contributed by atoms with Crippen molar-refractivity contribution in [1.82, 2.24) is 15.5 Å². The van der Waals surface area contributed by atoms with Crippen LogP contribution in [0.25, 0.3) is 0 Å². The number of rotatable bonds is 4. The molecule has 1 spiro atoms. The molecule has 0 bridgehead atoms. The molecule has 0 saturated carbocycles. The molecule has 0 unspecified atom stereocenters. The Labute approximate surface area is 197 Å². The average Bonchev–Trinajstić information content (AvgIpc) is 3.03. The van der Waals surface area contributed by atoms with Crippen LogP contribution in [-0.4, -0.2) is 46.8 Å². The summed E-state index contributed by atoms with van der Waals surface area (Å²) < 4.78 is 28.1. The van der Waals surface area contributed by atoms with Crippen LogP contribution in [0.15, 0.2) is 48.5 Å². The Morgan fingerprint density at radius 2 is 1.88 bits per heavy atom. The van der Waals surface area contributed by atoms with Crippen molar-refractivity contribution in [3.8, 4) is 0 Å². The fraction of sp³-hybridized carbons (Fsp3) is 0.423. The van der Waals surface area contributed by atoms with Crippen molar-refractivity contribution >= 4 is 17.7 Å². The second-order valence-corrected chi connectivity index (χ2v) is 9.76. The molecule has 6 nitrogen and oxygen atoms in total. The zero-order chi connectivity index (χ0) is 24.5. The number of carbonyl (C=O) groups is 3. The number of hydrogen-bond acceptors (Lipinski definition) is 3. The standard InChI is InChI=1S/C26H29F2N3O3/c1-25(2,30-23(33)19-10-3-4-11-21(19)28)24(34)31-15-20(17-8-7-9-18(27)14-17)26(16-31)13-6-5-12-22(32)29-26/h3-4,7-11,14,20H,5-6,12-13,15-16H2,1-2H3,(H,29,32)(H,30,33)/t20-,26+/m0/s1. The number of nitrogens with one attached hydrogen (secondary N) is 2. The molecule has 0 aromatic heterocycles. The lowest BCUT2D eigenvalue weighted by molar-refractivity contribution is -0.136. The molecule has 4 rings (SSSR count). The van der Waals surface area contributed by atoms with Gasteiger partial charge in [-0.25, -0.2) is 8.78 Å². The van der Waals surface area contributed by atoms with Gasteiger partial charge in [-0.05, 0) is 56.5 Å². The molecular formula is C26H29F2N3O3. The Morgan fingerprint density at radius 1 is 1.12 bits per heavy atom. The van der Waals surface area contributed by atoms with Gasteiger partial charge >= 0.3 is 0 Å². The molecule has 2 aliphatic rings. The van der Waals surface area contributed by atoms with Crippen LogP contribution in [0.2, 0.25) is 0 Å². The maximum atomic E-state index is 14.1. The molecule has 2 aromatic carbocycles. The second kappa shape index (κ2) is 9.16. The predicted octanol–water partition coefficient (Wildman–Crippen LogP) is 3.53. The van der Waals surface area contributed by atoms with Crippen LogP contribution in [0.3, 0.4) is 0 Å². The third kappa shape index (κ3) is 4.67. The minimum Gasteiger partial charge on any atom is -0.348 e. The maximum absolute atomic E-state index is 14.1. The predicted molar refractivity (Wildman–Crippen MR) is 123 cm³/mol. The number of nitrogens with zero attached hydrogens (tertiary/aromatic N) is 1. The molecule has 2 N–H and O–H groups in total. The summed E-state index contributed by atoms with van der Waals surface area (Å²) in [5.74, 6) is -2.47. The Hall–Kier alpha value is -3.29. The van der Waals surface area contributed by atoms with Crippen molar-refractivity contribution < 1.29 is 23.2 Å². The van der Waals surface area contributed by atoms with Crippen LogP contribution < -0.4 is 10.6 Å². The Balaban J connectivity index is 1.61. The minimum absolute atomic E-state index is 0.0830. The lowest BCUT2D eigenvalue weighted by atomic mass is 9.79. The SMILES string of the molecule is CC(C)(NC(=O)c1ccccc1F)C(=O)N1C[C@@H](c2cccc(F)c2)[C@@]2(CCCCC(=O)N2)C1. The van der Waals surface area contributed by atoms with Crippen LogP contribution in [-0.2, 0) is 9.59 Å². The van der Waals surface area contributed by atoms with E-state index in [0.717, 1.165) is 12.8 Å². The zero-order valence-corrected chi connectivity index (χ0v) is 19.4. The highest BCUT2D eigenvalue weighted by Crippen LogP contribution is 2.41. The van der Waals surface area contributed by atoms with E-state index in [1.807, 2.05) is 6.07 Å². The molecule has 3 amide bonds. The van der Waals surface area contributed by atoms with Gasteiger partial charge in [0.2, 0.25) is 11.8 Å². The number of halogens is 2. The van der Waals surface area contributed by atoms with E-state index in [1.165, 1.54) is 30.3 Å². The molecule has 2 aliphatic heterocycles. The summed E-state index contributed by atoms with van der Waals surface area (Å²) in [6.45, 7) is 3.66. The van der Waals surface area contributed by atoms with Gasteiger partial charge in [-0.2, -0.15) is 0 Å². The highest BCUT2D eigenvalue weighted by atomic mass is 19.1. The molecule has 180 valence electrons. The van der Waals surface area contributed by atoms with Crippen molar-refractivity contribution in [2.24, 2.45) is 0 Å². The molecule has 34 heavy (non-hydrogen) atoms. The van der Waals surface area contributed by atoms with Crippen molar-refractivity contribution in [1.29, 1.82) is 0 Å². The Kier molecular flexibility index (Phi) is 6.43. The van der Waals surface area contributed by atoms with E-state index < -0.39 is 22.8 Å². The summed E-state index contributed by atoms with van der Waals surface area (Å²) in [6.07, 6.45) is 2.63. The summed E-state index contributed by atoms with van der Waals surface area (Å²) in [6, 6.07) is 11.8. The number of amides is 3. The summed E-state index contributed by atoms with van der Waals surface area (Å²) >= 11 is 0. The average molecular weight is 470 g/mol. The number of likely N-dealkylation sites (tertiary alicyclic amines) is 1. The highest BCUT2D eigenvalue weighted by Gasteiger charge is 2.51. The van der Waals surface area contributed by atoms with Gasteiger partial charge in [-0.3, -0.25) is 14.4 Å². The van der Waals surface area contributed by atoms with Crippen molar-refractivity contribution in [3.63, 3.8) is 0 Å². The highest BCUT2D eigenvalue weighted by molar-refractivity contribution is 5.99. The summed E-state index contributed by atoms with van der Waals surface area (Å²) in [5, 5.41) is 5.79. The normalized spacial score (nSPS) is 22.9. The lowest BCUT2D eigenvalue weighted by Crippen LogP contribution is -2.57. The van der Waals surface area contributed by atoms with Crippen molar-refractivity contribution in [3.05, 3.63) is 71.3 Å². The van der Waals surface area contributed by atoms with Crippen LogP contribution in [0.1, 0.15) is 61.4 Å². The summed E-state index contributed by atoms with van der Waals surface area (Å²) in [4.78, 5) is 40.4. The number of carbonyl (C=O) groups excluding carboxylic acids is 3. The first-order chi connectivity index (χ1) is 16.1. The third-order valence-electron chi connectivity index (χ3n) is 6.83. The molecular weight excluding hydrogens is 440 g/mol. The van der Waals surface area contributed by atoms with Crippen molar-refractivity contribution in [2.75, 3.05) is 13.1 Å². The molecule has 2 saturated heterocycles. The van der Waals surface area contributed by atoms with Gasteiger partial charge in [0.05, 0.1) is 11.1 Å². The van der Waals surface area contributed by atoms with Crippen molar-refractivity contribution in [2.45, 2.75) is 56.5 Å². The van der Waals surface area contributed by atoms with Gasteiger partial charge in [-0.15, -0.1) is 0 Å². The second-order valence-electron chi connectivity index (χ2n) is 9.76. The van der Waals surface area contributed by atoms with Gasteiger partial charge in [0.1, 0.15) is 17.2 Å². The third-order valence-corrected chi connectivity index (χ3v) is 6.83. The van der Waals surface area contributed by atoms with E-state index in [1.54, 1.807) is 30.9 Å². The summed E-state index contributed by atoms with van der Waals surface area (Å²) in [5.41, 5.74) is -1.48. The Bertz CT molecular complexity index is 1120. The quantitative estimate of drug-likeness (QED) is 0.719. The topological polar surface area (TPSA) is 78.5 Å². The smallest absolute Gasteiger partial charge is 0.255 e. The zero-order valence-electron chi connectivity index (χ0n) is 19.4. The first kappa shape index (κ1) is 23.9. The van der Waals surface area contributed by atoms with Crippen LogP contribution >= 0.6 is 0 Å². The molecule has 8 heteroatoms. The minimum atomic E-state index is -1.33. The fourth-order valence-corrected chi connectivity index (χ4v) is 5.17. The fourth-order valence-electron chi connectivity index (χ4n) is 5.17. The summed E-state index contributed by atoms with van der Waals surface area (Å²) in [7, 11) is 0. The van der Waals surface area contributed by atoms with Crippen LogP contribution in [0.4, 0.5) is 8.78 Å². The first-order valence-electron chi connectivity index (χ1n) is 11.5. The Morgan fingerprint density at radius 3 is 2.62 bits per heavy atom. The maximum Gasteiger partial charge on any atom is 0.255 e. The van der Waals surface area contributed by atoms with E-state index in [2.05, 4.69) is 10.6 Å². The van der Waals surface area contributed by atoms with E-state index >= 15 is 0 Å². The van der Waals surface area contributed by atoms with E-state index in [0.29, 0.717) is 18.4 Å². The van der Waals surface area contributed by atoms with Gasteiger partial charge in [0.25, 0.3) is 5.91 Å². The van der Waals surface area contributed by atoms with Gasteiger partial charge in [0.15, 0.2) is 0 Å². The van der Waals surface area contributed by atoms with Gasteiger partial charge in [-0.1, -0.05) is 30.7 Å². The first-order valence-corrected chi connectivity index (χ1v) is 11.5. The van der Waals surface area contributed by atoms with Gasteiger partial charge in [0, 0.05) is 25.4 Å². The molecule has 0 radical (unpaired) electrons. The lowest BCUT2D eigenvalue weighted by Gasteiger charge is -2.35. The molecule has 2 aromatic rings. The molecule has 2 heterocycles. The molecule has 0 aliphatic carbocycles. The van der Waals surface area contributed by atoms with Crippen LogP contribution in [0, 0.1) is 11.6 Å². The molecule has 2 fully saturated rings. The largest absolute Gasteiger partial charge is 0.348 e. The molecule has 2 atom stereocenters. The van der Waals surface area contributed by atoms with Crippen LogP contribution in [0.5, 0.6) is 0 Å². The van der Waals surface area contributed by atoms with E-state index in [4.69, 9.17) is 0 Å². The monoisotopic (exact) mass is 469 g/mol. The number of benzene rings is 2. The van der Waals surface area contributed by atoms with Gasteiger partial charge < -0.3 is 15.5 Å². The number of hydrogen-bond donors (Lipinski definition) is 2. The van der Waals surface area contributed by atoms with E-state index in [9.17, 15) is 23.2 Å².